The first kappa shape index (κ1) is 22.7. The van der Waals surface area contributed by atoms with Crippen molar-refractivity contribution >= 4 is 25.4 Å². The van der Waals surface area contributed by atoms with Gasteiger partial charge in [-0.05, 0) is 31.4 Å². The predicted molar refractivity (Wildman–Crippen MR) is 113 cm³/mol. The van der Waals surface area contributed by atoms with Crippen LogP contribution in [0.1, 0.15) is 25.7 Å². The minimum atomic E-state index is -3.52. The van der Waals surface area contributed by atoms with Crippen LogP contribution < -0.4 is 4.74 Å². The normalized spacial score (nSPS) is 27.0. The summed E-state index contributed by atoms with van der Waals surface area (Å²) in [6.07, 6.45) is 3.36. The largest absolute Gasteiger partial charge is 0.490 e. The highest BCUT2D eigenvalue weighted by Crippen LogP contribution is 2.46. The van der Waals surface area contributed by atoms with E-state index in [-0.39, 0.29) is 35.9 Å². The maximum Gasteiger partial charge on any atom is 0.269 e. The van der Waals surface area contributed by atoms with Crippen LogP contribution in [-0.4, -0.2) is 68.6 Å². The summed E-state index contributed by atoms with van der Waals surface area (Å²) in [5, 5.41) is 11.8. The van der Waals surface area contributed by atoms with E-state index < -0.39 is 30.1 Å². The second-order valence-electron chi connectivity index (χ2n) is 8.14. The molecule has 3 unspecified atom stereocenters. The Balaban J connectivity index is 1.82. The minimum Gasteiger partial charge on any atom is -0.490 e. The predicted octanol–water partition coefficient (Wildman–Crippen LogP) is 1.94. The first-order valence-corrected chi connectivity index (χ1v) is 13.4. The molecule has 0 N–H and O–H groups in total. The van der Waals surface area contributed by atoms with Gasteiger partial charge in [-0.3, -0.25) is 15.0 Å². The number of nitro benzene ring substituents is 1. The van der Waals surface area contributed by atoms with E-state index in [1.54, 1.807) is 0 Å². The number of hydrogen-bond acceptors (Lipinski definition) is 8. The van der Waals surface area contributed by atoms with E-state index in [9.17, 15) is 26.9 Å². The summed E-state index contributed by atoms with van der Waals surface area (Å²) in [6.45, 7) is 3.69. The van der Waals surface area contributed by atoms with Crippen molar-refractivity contribution in [1.29, 1.82) is 0 Å². The monoisotopic (exact) mass is 458 g/mol. The van der Waals surface area contributed by atoms with Crippen molar-refractivity contribution in [2.45, 2.75) is 43.4 Å². The molecule has 166 valence electrons. The first-order valence-electron chi connectivity index (χ1n) is 9.64. The van der Waals surface area contributed by atoms with Crippen LogP contribution in [-0.2, 0) is 19.7 Å². The Morgan fingerprint density at radius 1 is 1.30 bits per heavy atom. The average Bonchev–Trinajstić information content (AvgIpc) is 2.85. The molecule has 2 saturated heterocycles. The topological polar surface area (TPSA) is 124 Å². The highest BCUT2D eigenvalue weighted by Gasteiger charge is 2.53. The van der Waals surface area contributed by atoms with Crippen molar-refractivity contribution in [3.05, 3.63) is 46.4 Å². The zero-order valence-electron chi connectivity index (χ0n) is 16.8. The highest BCUT2D eigenvalue weighted by atomic mass is 32.2. The van der Waals surface area contributed by atoms with Crippen LogP contribution in [0.15, 0.2) is 36.3 Å². The van der Waals surface area contributed by atoms with E-state index in [1.807, 2.05) is 4.90 Å². The van der Waals surface area contributed by atoms with Gasteiger partial charge in [-0.15, -0.1) is 0 Å². The molecule has 2 bridgehead atoms. The summed E-state index contributed by atoms with van der Waals surface area (Å²) in [7, 11) is -6.71. The molecule has 11 heteroatoms. The Bertz CT molecular complexity index is 1020. The molecule has 2 fully saturated rings. The van der Waals surface area contributed by atoms with Crippen LogP contribution in [0.2, 0.25) is 0 Å². The number of nitro groups is 1. The standard InChI is InChI=1S/C19H26N2O7S2/c1-3-30(26,27)14-19-9-8-16(20(19)10-11-29(2,24)25)12-18(13-19)28-17-6-4-15(5-7-17)21(22)23/h3-7,16,18H,1,8-14H2,2H3. The molecule has 0 radical (unpaired) electrons. The summed E-state index contributed by atoms with van der Waals surface area (Å²) >= 11 is 0. The van der Waals surface area contributed by atoms with E-state index in [0.29, 0.717) is 25.0 Å². The third kappa shape index (κ3) is 5.19. The summed E-state index contributed by atoms with van der Waals surface area (Å²) in [6, 6.07) is 5.81. The maximum absolute atomic E-state index is 12.4. The van der Waals surface area contributed by atoms with Crippen LogP contribution in [0.3, 0.4) is 0 Å². The van der Waals surface area contributed by atoms with Gasteiger partial charge in [0, 0.05) is 48.3 Å². The Hall–Kier alpha value is -1.98. The fourth-order valence-corrected chi connectivity index (χ4v) is 6.48. The molecule has 3 rings (SSSR count). The van der Waals surface area contributed by atoms with Crippen LogP contribution in [0.4, 0.5) is 5.69 Å². The molecule has 0 spiro atoms. The third-order valence-electron chi connectivity index (χ3n) is 5.91. The van der Waals surface area contributed by atoms with Gasteiger partial charge in [-0.25, -0.2) is 16.8 Å². The molecule has 1 aromatic carbocycles. The quantitative estimate of drug-likeness (QED) is 0.406. The number of fused-ring (bicyclic) bond motifs is 2. The van der Waals surface area contributed by atoms with Gasteiger partial charge in [0.2, 0.25) is 0 Å². The SMILES string of the molecule is C=CS(=O)(=O)CC12CCC(CC(Oc3ccc([N+](=O)[O-])cc3)C1)N2CCS(C)(=O)=O. The van der Waals surface area contributed by atoms with E-state index in [2.05, 4.69) is 6.58 Å². The number of piperidine rings is 1. The van der Waals surface area contributed by atoms with Crippen LogP contribution in [0, 0.1) is 10.1 Å². The Kier molecular flexibility index (Phi) is 6.26. The molecule has 0 aliphatic carbocycles. The number of sulfone groups is 2. The first-order chi connectivity index (χ1) is 13.9. The van der Waals surface area contributed by atoms with Gasteiger partial charge < -0.3 is 4.74 Å². The molecule has 2 heterocycles. The summed E-state index contributed by atoms with van der Waals surface area (Å²) < 4.78 is 54.2. The smallest absolute Gasteiger partial charge is 0.269 e. The number of nitrogens with zero attached hydrogens (tertiary/aromatic N) is 2. The minimum absolute atomic E-state index is 0.0172. The van der Waals surface area contributed by atoms with Crippen molar-refractivity contribution in [2.75, 3.05) is 24.3 Å². The van der Waals surface area contributed by atoms with E-state index >= 15 is 0 Å². The fourth-order valence-electron chi connectivity index (χ4n) is 4.66. The molecule has 0 amide bonds. The second-order valence-corrected chi connectivity index (χ2v) is 12.4. The lowest BCUT2D eigenvalue weighted by atomic mass is 9.88. The van der Waals surface area contributed by atoms with Crippen molar-refractivity contribution in [1.82, 2.24) is 4.90 Å². The van der Waals surface area contributed by atoms with Gasteiger partial charge in [-0.1, -0.05) is 6.58 Å². The van der Waals surface area contributed by atoms with E-state index in [4.69, 9.17) is 4.74 Å². The maximum atomic E-state index is 12.4. The Morgan fingerprint density at radius 2 is 1.97 bits per heavy atom. The number of benzene rings is 1. The molecule has 2 aliphatic heterocycles. The zero-order chi connectivity index (χ0) is 22.2. The number of rotatable bonds is 9. The lowest BCUT2D eigenvalue weighted by molar-refractivity contribution is -0.384. The molecule has 3 atom stereocenters. The molecular formula is C19H26N2O7S2. The number of ether oxygens (including phenoxy) is 1. The van der Waals surface area contributed by atoms with E-state index in [0.717, 1.165) is 11.8 Å². The summed E-state index contributed by atoms with van der Waals surface area (Å²) in [5.74, 6) is 0.313. The van der Waals surface area contributed by atoms with Crippen molar-refractivity contribution < 1.29 is 26.5 Å². The summed E-state index contributed by atoms with van der Waals surface area (Å²) in [4.78, 5) is 12.4. The fraction of sp³-hybridized carbons (Fsp3) is 0.579. The number of non-ortho nitro benzene ring substituents is 1. The second kappa shape index (κ2) is 8.27. The number of hydrogen-bond donors (Lipinski definition) is 0. The Morgan fingerprint density at radius 3 is 2.53 bits per heavy atom. The van der Waals surface area contributed by atoms with Crippen LogP contribution in [0.5, 0.6) is 5.75 Å². The summed E-state index contributed by atoms with van der Waals surface area (Å²) in [5.41, 5.74) is -0.752. The lowest BCUT2D eigenvalue weighted by Crippen LogP contribution is -2.59. The molecule has 2 aliphatic rings. The van der Waals surface area contributed by atoms with Crippen molar-refractivity contribution in [3.8, 4) is 5.75 Å². The Labute approximate surface area is 176 Å². The van der Waals surface area contributed by atoms with Gasteiger partial charge >= 0.3 is 0 Å². The van der Waals surface area contributed by atoms with Crippen LogP contribution >= 0.6 is 0 Å². The molecule has 9 nitrogen and oxygen atoms in total. The molecule has 0 aromatic heterocycles. The van der Waals surface area contributed by atoms with Crippen molar-refractivity contribution in [2.24, 2.45) is 0 Å². The van der Waals surface area contributed by atoms with Gasteiger partial charge in [0.15, 0.2) is 9.84 Å². The van der Waals surface area contributed by atoms with Gasteiger partial charge in [-0.2, -0.15) is 0 Å². The van der Waals surface area contributed by atoms with Gasteiger partial charge in [0.05, 0.1) is 16.4 Å². The van der Waals surface area contributed by atoms with Gasteiger partial charge in [0.1, 0.15) is 21.7 Å². The zero-order valence-corrected chi connectivity index (χ0v) is 18.4. The molecular weight excluding hydrogens is 432 g/mol. The van der Waals surface area contributed by atoms with Gasteiger partial charge in [0.25, 0.3) is 5.69 Å². The van der Waals surface area contributed by atoms with E-state index in [1.165, 1.54) is 30.5 Å². The van der Waals surface area contributed by atoms with Crippen LogP contribution in [0.25, 0.3) is 0 Å². The highest BCUT2D eigenvalue weighted by molar-refractivity contribution is 7.94. The molecule has 0 saturated carbocycles. The lowest BCUT2D eigenvalue weighted by Gasteiger charge is -2.47. The third-order valence-corrected chi connectivity index (χ3v) is 8.28. The van der Waals surface area contributed by atoms with Crippen molar-refractivity contribution in [3.63, 3.8) is 0 Å². The average molecular weight is 459 g/mol. The molecule has 1 aromatic rings. The molecule has 30 heavy (non-hydrogen) atoms.